The number of pyridine rings is 1. The van der Waals surface area contributed by atoms with Crippen LogP contribution in [0.15, 0.2) is 53.7 Å². The van der Waals surface area contributed by atoms with Gasteiger partial charge in [-0.3, -0.25) is 9.78 Å². The lowest BCUT2D eigenvalue weighted by Gasteiger charge is -2.38. The number of carbonyl (C=O) groups excluding carboxylic acids is 1. The van der Waals surface area contributed by atoms with Gasteiger partial charge in [-0.1, -0.05) is 19.9 Å². The van der Waals surface area contributed by atoms with Crippen LogP contribution in [0.4, 0.5) is 5.69 Å². The number of nitrogens with one attached hydrogen (secondary N) is 2. The third-order valence-electron chi connectivity index (χ3n) is 4.64. The predicted molar refractivity (Wildman–Crippen MR) is 111 cm³/mol. The Labute approximate surface area is 166 Å². The molecule has 1 atom stereocenters. The van der Waals surface area contributed by atoms with E-state index in [1.54, 1.807) is 18.0 Å². The molecule has 0 spiro atoms. The lowest BCUT2D eigenvalue weighted by molar-refractivity contribution is -0.121. The zero-order chi connectivity index (χ0) is 17.7. The topological polar surface area (TPSA) is 54.0 Å². The molecule has 1 aromatic heterocycles. The van der Waals surface area contributed by atoms with Crippen LogP contribution >= 0.6 is 24.2 Å². The molecule has 1 amide bonds. The van der Waals surface area contributed by atoms with Crippen LogP contribution in [0.25, 0.3) is 0 Å². The van der Waals surface area contributed by atoms with Gasteiger partial charge in [0.25, 0.3) is 0 Å². The second-order valence-corrected chi connectivity index (χ2v) is 8.19. The minimum absolute atomic E-state index is 0. The number of thioether (sulfide) groups is 1. The van der Waals surface area contributed by atoms with E-state index in [4.69, 9.17) is 0 Å². The Hall–Kier alpha value is -1.56. The first-order chi connectivity index (χ1) is 12.0. The van der Waals surface area contributed by atoms with Gasteiger partial charge in [0.1, 0.15) is 0 Å². The van der Waals surface area contributed by atoms with Crippen LogP contribution in [0.5, 0.6) is 0 Å². The van der Waals surface area contributed by atoms with Crippen LogP contribution in [-0.4, -0.2) is 23.5 Å². The van der Waals surface area contributed by atoms with Crippen LogP contribution in [0.1, 0.15) is 32.3 Å². The first-order valence-electron chi connectivity index (χ1n) is 8.71. The van der Waals surface area contributed by atoms with Gasteiger partial charge in [0.15, 0.2) is 0 Å². The van der Waals surface area contributed by atoms with E-state index in [-0.39, 0.29) is 29.8 Å². The molecule has 4 nitrogen and oxygen atoms in total. The molecule has 1 unspecified atom stereocenters. The van der Waals surface area contributed by atoms with Crippen LogP contribution in [0.3, 0.4) is 0 Å². The molecule has 1 fully saturated rings. The standard InChI is InChI=1S/C20H25N3OS.ClH/c1-20(2)10-4-12-22-18(20)19(24)23-16-6-8-17(9-7-16)25-14-15-5-3-11-21-13-15;/h3,5-9,11,13,18,22H,4,10,12,14H2,1-2H3,(H,23,24);1H. The van der Waals surface area contributed by atoms with Crippen molar-refractivity contribution in [1.29, 1.82) is 0 Å². The number of piperidine rings is 1. The maximum absolute atomic E-state index is 12.6. The molecular weight excluding hydrogens is 366 g/mol. The molecule has 140 valence electrons. The first-order valence-corrected chi connectivity index (χ1v) is 9.69. The van der Waals surface area contributed by atoms with E-state index in [9.17, 15) is 4.79 Å². The van der Waals surface area contributed by atoms with Crippen LogP contribution in [0, 0.1) is 5.41 Å². The highest BCUT2D eigenvalue weighted by Gasteiger charge is 2.36. The summed E-state index contributed by atoms with van der Waals surface area (Å²) in [6.45, 7) is 5.22. The summed E-state index contributed by atoms with van der Waals surface area (Å²) in [5.74, 6) is 0.945. The van der Waals surface area contributed by atoms with Gasteiger partial charge >= 0.3 is 0 Å². The molecular formula is C20H26ClN3OS. The highest BCUT2D eigenvalue weighted by molar-refractivity contribution is 7.98. The minimum Gasteiger partial charge on any atom is -0.325 e. The Morgan fingerprint density at radius 2 is 2.08 bits per heavy atom. The van der Waals surface area contributed by atoms with Gasteiger partial charge in [0.05, 0.1) is 6.04 Å². The molecule has 1 saturated heterocycles. The van der Waals surface area contributed by atoms with Crippen molar-refractivity contribution in [2.75, 3.05) is 11.9 Å². The Bertz CT molecular complexity index is 707. The fourth-order valence-corrected chi connectivity index (χ4v) is 3.99. The molecule has 3 rings (SSSR count). The number of rotatable bonds is 5. The highest BCUT2D eigenvalue weighted by Crippen LogP contribution is 2.31. The number of halogens is 1. The molecule has 2 aromatic rings. The van der Waals surface area contributed by atoms with E-state index in [1.165, 1.54) is 10.5 Å². The summed E-state index contributed by atoms with van der Waals surface area (Å²) in [6, 6.07) is 11.9. The van der Waals surface area contributed by atoms with Crippen molar-refractivity contribution in [1.82, 2.24) is 10.3 Å². The number of anilines is 1. The van der Waals surface area contributed by atoms with E-state index in [0.717, 1.165) is 30.8 Å². The summed E-state index contributed by atoms with van der Waals surface area (Å²) in [7, 11) is 0. The number of nitrogens with zero attached hydrogens (tertiary/aromatic N) is 1. The third kappa shape index (κ3) is 5.47. The second kappa shape index (κ2) is 9.40. The zero-order valence-corrected chi connectivity index (χ0v) is 16.8. The van der Waals surface area contributed by atoms with Crippen molar-refractivity contribution in [3.8, 4) is 0 Å². The van der Waals surface area contributed by atoms with Gasteiger partial charge in [-0.2, -0.15) is 0 Å². The lowest BCUT2D eigenvalue weighted by atomic mass is 9.77. The van der Waals surface area contributed by atoms with E-state index in [2.05, 4.69) is 47.7 Å². The van der Waals surface area contributed by atoms with Gasteiger partial charge in [-0.15, -0.1) is 24.2 Å². The number of amides is 1. The molecule has 6 heteroatoms. The Kier molecular flexibility index (Phi) is 7.50. The number of carbonyl (C=O) groups is 1. The molecule has 0 radical (unpaired) electrons. The van der Waals surface area contributed by atoms with Gasteiger partial charge in [-0.25, -0.2) is 0 Å². The summed E-state index contributed by atoms with van der Waals surface area (Å²) >= 11 is 1.76. The van der Waals surface area contributed by atoms with Crippen molar-refractivity contribution in [2.24, 2.45) is 5.41 Å². The number of hydrogen-bond acceptors (Lipinski definition) is 4. The lowest BCUT2D eigenvalue weighted by Crippen LogP contribution is -2.53. The van der Waals surface area contributed by atoms with Gasteiger partial charge in [-0.05, 0) is 60.7 Å². The summed E-state index contributed by atoms with van der Waals surface area (Å²) in [4.78, 5) is 17.9. The molecule has 1 aliphatic rings. The molecule has 0 bridgehead atoms. The van der Waals surface area contributed by atoms with E-state index in [0.29, 0.717) is 0 Å². The molecule has 1 aromatic carbocycles. The van der Waals surface area contributed by atoms with Crippen molar-refractivity contribution in [3.63, 3.8) is 0 Å². The SMILES string of the molecule is CC1(C)CCCNC1C(=O)Nc1ccc(SCc2cccnc2)cc1.Cl. The zero-order valence-electron chi connectivity index (χ0n) is 15.2. The smallest absolute Gasteiger partial charge is 0.242 e. The Balaban J connectivity index is 0.00000243. The molecule has 1 aliphatic heterocycles. The van der Waals surface area contributed by atoms with Crippen molar-refractivity contribution < 1.29 is 4.79 Å². The van der Waals surface area contributed by atoms with Crippen molar-refractivity contribution in [2.45, 2.75) is 43.4 Å². The van der Waals surface area contributed by atoms with E-state index < -0.39 is 0 Å². The quantitative estimate of drug-likeness (QED) is 0.736. The molecule has 0 aliphatic carbocycles. The van der Waals surface area contributed by atoms with E-state index in [1.807, 2.05) is 24.4 Å². The number of aromatic nitrogens is 1. The molecule has 2 heterocycles. The molecule has 2 N–H and O–H groups in total. The summed E-state index contributed by atoms with van der Waals surface area (Å²) in [5.41, 5.74) is 2.04. The largest absolute Gasteiger partial charge is 0.325 e. The average Bonchev–Trinajstić information content (AvgIpc) is 2.61. The summed E-state index contributed by atoms with van der Waals surface area (Å²) in [5, 5.41) is 6.40. The number of benzene rings is 1. The second-order valence-electron chi connectivity index (χ2n) is 7.14. The van der Waals surface area contributed by atoms with Crippen LogP contribution in [0.2, 0.25) is 0 Å². The molecule has 0 saturated carbocycles. The first kappa shape index (κ1) is 20.7. The Morgan fingerprint density at radius 3 is 2.73 bits per heavy atom. The fourth-order valence-electron chi connectivity index (χ4n) is 3.16. The minimum atomic E-state index is -0.138. The monoisotopic (exact) mass is 391 g/mol. The van der Waals surface area contributed by atoms with E-state index >= 15 is 0 Å². The molecule has 26 heavy (non-hydrogen) atoms. The van der Waals surface area contributed by atoms with Crippen LogP contribution in [-0.2, 0) is 10.5 Å². The third-order valence-corrected chi connectivity index (χ3v) is 5.72. The maximum atomic E-state index is 12.6. The summed E-state index contributed by atoms with van der Waals surface area (Å²) < 4.78 is 0. The van der Waals surface area contributed by atoms with Crippen molar-refractivity contribution in [3.05, 3.63) is 54.4 Å². The maximum Gasteiger partial charge on any atom is 0.242 e. The Morgan fingerprint density at radius 1 is 1.31 bits per heavy atom. The fraction of sp³-hybridized carbons (Fsp3) is 0.400. The number of hydrogen-bond donors (Lipinski definition) is 2. The average molecular weight is 392 g/mol. The summed E-state index contributed by atoms with van der Waals surface area (Å²) in [6.07, 6.45) is 5.87. The normalized spacial score (nSPS) is 18.6. The van der Waals surface area contributed by atoms with Gasteiger partial charge in [0, 0.05) is 28.7 Å². The highest BCUT2D eigenvalue weighted by atomic mass is 35.5. The van der Waals surface area contributed by atoms with Crippen LogP contribution < -0.4 is 10.6 Å². The van der Waals surface area contributed by atoms with Crippen molar-refractivity contribution >= 4 is 35.8 Å². The van der Waals surface area contributed by atoms with Gasteiger partial charge in [0.2, 0.25) is 5.91 Å². The predicted octanol–water partition coefficient (Wildman–Crippen LogP) is 4.51. The van der Waals surface area contributed by atoms with Gasteiger partial charge < -0.3 is 10.6 Å².